The maximum absolute atomic E-state index is 13.2. The first-order chi connectivity index (χ1) is 15.2. The first kappa shape index (κ1) is 20.8. The Morgan fingerprint density at radius 2 is 1.65 bits per heavy atom. The fraction of sp³-hybridized carbons (Fsp3) is 0.120. The fourth-order valence-corrected chi connectivity index (χ4v) is 3.92. The second-order valence-electron chi connectivity index (χ2n) is 6.69. The van der Waals surface area contributed by atoms with E-state index in [2.05, 4.69) is 4.99 Å². The fourth-order valence-electron chi connectivity index (χ4n) is 3.09. The zero-order valence-electron chi connectivity index (χ0n) is 17.1. The van der Waals surface area contributed by atoms with Crippen LogP contribution in [0.15, 0.2) is 95.6 Å². The van der Waals surface area contributed by atoms with E-state index in [1.807, 2.05) is 91.0 Å². The first-order valence-corrected chi connectivity index (χ1v) is 10.9. The van der Waals surface area contributed by atoms with Crippen LogP contribution < -0.4 is 14.4 Å². The van der Waals surface area contributed by atoms with Crippen molar-refractivity contribution in [3.63, 3.8) is 0 Å². The number of anilines is 1. The molecule has 3 aromatic rings. The lowest BCUT2D eigenvalue weighted by molar-refractivity contribution is -0.113. The summed E-state index contributed by atoms with van der Waals surface area (Å²) >= 11 is 1.49. The Bertz CT molecular complexity index is 1100. The summed E-state index contributed by atoms with van der Waals surface area (Å²) in [6.07, 6.45) is 1.81. The number of ether oxygens (including phenoxy) is 2. The highest BCUT2D eigenvalue weighted by Gasteiger charge is 2.32. The summed E-state index contributed by atoms with van der Waals surface area (Å²) in [5, 5.41) is 0.622. The number of thioether (sulfide) groups is 1. The predicted octanol–water partition coefficient (Wildman–Crippen LogP) is 5.25. The molecule has 1 aliphatic heterocycles. The van der Waals surface area contributed by atoms with Gasteiger partial charge in [0.15, 0.2) is 5.17 Å². The molecule has 4 rings (SSSR count). The van der Waals surface area contributed by atoms with Crippen LogP contribution >= 0.6 is 11.8 Å². The Morgan fingerprint density at radius 1 is 0.935 bits per heavy atom. The van der Waals surface area contributed by atoms with E-state index in [0.717, 1.165) is 17.0 Å². The summed E-state index contributed by atoms with van der Waals surface area (Å²) in [5.74, 6) is 1.99. The molecule has 0 unspecified atom stereocenters. The summed E-state index contributed by atoms with van der Waals surface area (Å²) in [6.45, 7) is 0.506. The molecular weight excluding hydrogens is 408 g/mol. The molecule has 0 atom stereocenters. The zero-order valence-corrected chi connectivity index (χ0v) is 17.9. The number of rotatable bonds is 7. The predicted molar refractivity (Wildman–Crippen MR) is 127 cm³/mol. The van der Waals surface area contributed by atoms with E-state index in [-0.39, 0.29) is 5.91 Å². The highest BCUT2D eigenvalue weighted by atomic mass is 32.2. The minimum absolute atomic E-state index is 0.163. The molecule has 0 aromatic heterocycles. The summed E-state index contributed by atoms with van der Waals surface area (Å²) in [4.78, 5) is 19.5. The number of nitrogens with zero attached hydrogens (tertiary/aromatic N) is 2. The van der Waals surface area contributed by atoms with E-state index >= 15 is 0 Å². The standard InChI is InChI=1S/C25H22N2O3S/c1-29-22-14-8-11-20(18-22)27-24(28)23(17-19-9-4-2-5-10-19)26-25(27)31-16-15-30-21-12-6-3-7-13-21/h2-14,17-18H,15-16H2,1H3/b23-17+. The van der Waals surface area contributed by atoms with Gasteiger partial charge in [-0.2, -0.15) is 0 Å². The molecule has 1 aliphatic rings. The van der Waals surface area contributed by atoms with Gasteiger partial charge in [-0.05, 0) is 35.9 Å². The van der Waals surface area contributed by atoms with Crippen molar-refractivity contribution in [1.82, 2.24) is 0 Å². The van der Waals surface area contributed by atoms with Gasteiger partial charge < -0.3 is 9.47 Å². The second kappa shape index (κ2) is 10.00. The Labute approximate surface area is 186 Å². The number of hydrogen-bond donors (Lipinski definition) is 0. The highest BCUT2D eigenvalue weighted by Crippen LogP contribution is 2.31. The van der Waals surface area contributed by atoms with Gasteiger partial charge >= 0.3 is 0 Å². The average Bonchev–Trinajstić information content (AvgIpc) is 3.13. The van der Waals surface area contributed by atoms with Crippen LogP contribution in [0, 0.1) is 0 Å². The van der Waals surface area contributed by atoms with Gasteiger partial charge in [-0.15, -0.1) is 0 Å². The van der Waals surface area contributed by atoms with Crippen LogP contribution in [-0.4, -0.2) is 30.5 Å². The molecule has 0 aliphatic carbocycles. The monoisotopic (exact) mass is 430 g/mol. The number of para-hydroxylation sites is 1. The maximum atomic E-state index is 13.2. The Kier molecular flexibility index (Phi) is 6.69. The third-order valence-electron chi connectivity index (χ3n) is 4.57. The number of carbonyl (C=O) groups excluding carboxylic acids is 1. The largest absolute Gasteiger partial charge is 0.497 e. The van der Waals surface area contributed by atoms with Crippen molar-refractivity contribution in [3.8, 4) is 11.5 Å². The molecule has 0 saturated carbocycles. The molecule has 0 saturated heterocycles. The van der Waals surface area contributed by atoms with Crippen molar-refractivity contribution < 1.29 is 14.3 Å². The lowest BCUT2D eigenvalue weighted by atomic mass is 10.2. The maximum Gasteiger partial charge on any atom is 0.283 e. The van der Waals surface area contributed by atoms with Crippen molar-refractivity contribution >= 4 is 34.6 Å². The minimum atomic E-state index is -0.163. The number of carbonyl (C=O) groups is 1. The molecule has 6 heteroatoms. The topological polar surface area (TPSA) is 51.1 Å². The molecule has 0 fully saturated rings. The quantitative estimate of drug-likeness (QED) is 0.379. The van der Waals surface area contributed by atoms with E-state index in [1.165, 1.54) is 11.8 Å². The minimum Gasteiger partial charge on any atom is -0.497 e. The number of methoxy groups -OCH3 is 1. The van der Waals surface area contributed by atoms with Gasteiger partial charge in [0, 0.05) is 11.8 Å². The van der Waals surface area contributed by atoms with E-state index in [4.69, 9.17) is 9.47 Å². The van der Waals surface area contributed by atoms with Gasteiger partial charge in [0.2, 0.25) is 0 Å². The SMILES string of the molecule is COc1cccc(N2C(=O)/C(=C\c3ccccc3)N=C2SCCOc2ccccc2)c1. The van der Waals surface area contributed by atoms with Crippen molar-refractivity contribution in [2.45, 2.75) is 0 Å². The van der Waals surface area contributed by atoms with Crippen molar-refractivity contribution in [3.05, 3.63) is 96.2 Å². The zero-order chi connectivity index (χ0) is 21.5. The van der Waals surface area contributed by atoms with Gasteiger partial charge in [-0.25, -0.2) is 4.99 Å². The van der Waals surface area contributed by atoms with E-state index in [9.17, 15) is 4.79 Å². The molecular formula is C25H22N2O3S. The lowest BCUT2D eigenvalue weighted by Crippen LogP contribution is -2.30. The second-order valence-corrected chi connectivity index (χ2v) is 7.75. The van der Waals surface area contributed by atoms with Crippen LogP contribution in [0.3, 0.4) is 0 Å². The van der Waals surface area contributed by atoms with Gasteiger partial charge in [-0.1, -0.05) is 66.4 Å². The van der Waals surface area contributed by atoms with Crippen molar-refractivity contribution in [2.75, 3.05) is 24.4 Å². The number of amides is 1. The normalized spacial score (nSPS) is 14.6. The summed E-state index contributed by atoms with van der Waals surface area (Å²) in [7, 11) is 1.61. The first-order valence-electron chi connectivity index (χ1n) is 9.89. The van der Waals surface area contributed by atoms with E-state index in [0.29, 0.717) is 29.0 Å². The third-order valence-corrected chi connectivity index (χ3v) is 5.47. The van der Waals surface area contributed by atoms with Gasteiger partial charge in [-0.3, -0.25) is 9.69 Å². The number of hydrogen-bond acceptors (Lipinski definition) is 5. The molecule has 0 bridgehead atoms. The van der Waals surface area contributed by atoms with Crippen LogP contribution in [-0.2, 0) is 4.79 Å². The van der Waals surface area contributed by atoms with Crippen LogP contribution in [0.5, 0.6) is 11.5 Å². The molecule has 0 N–H and O–H groups in total. The van der Waals surface area contributed by atoms with Crippen LogP contribution in [0.2, 0.25) is 0 Å². The van der Waals surface area contributed by atoms with Gasteiger partial charge in [0.1, 0.15) is 17.2 Å². The van der Waals surface area contributed by atoms with Crippen LogP contribution in [0.1, 0.15) is 5.56 Å². The molecule has 0 spiro atoms. The van der Waals surface area contributed by atoms with Crippen molar-refractivity contribution in [2.24, 2.45) is 4.99 Å². The molecule has 1 amide bonds. The molecule has 31 heavy (non-hydrogen) atoms. The third kappa shape index (κ3) is 5.16. The molecule has 156 valence electrons. The van der Waals surface area contributed by atoms with Gasteiger partial charge in [0.05, 0.1) is 19.4 Å². The van der Waals surface area contributed by atoms with E-state index < -0.39 is 0 Å². The Morgan fingerprint density at radius 3 is 2.39 bits per heavy atom. The van der Waals surface area contributed by atoms with Crippen molar-refractivity contribution in [1.29, 1.82) is 0 Å². The molecule has 3 aromatic carbocycles. The summed E-state index contributed by atoms with van der Waals surface area (Å²) in [5.41, 5.74) is 2.05. The Hall–Kier alpha value is -3.51. The van der Waals surface area contributed by atoms with Crippen LogP contribution in [0.4, 0.5) is 5.69 Å². The summed E-state index contributed by atoms with van der Waals surface area (Å²) < 4.78 is 11.1. The number of amidine groups is 1. The van der Waals surface area contributed by atoms with Gasteiger partial charge in [0.25, 0.3) is 5.91 Å². The van der Waals surface area contributed by atoms with Crippen LogP contribution in [0.25, 0.3) is 6.08 Å². The molecule has 0 radical (unpaired) electrons. The average molecular weight is 431 g/mol. The Balaban J connectivity index is 1.55. The molecule has 1 heterocycles. The number of benzene rings is 3. The lowest BCUT2D eigenvalue weighted by Gasteiger charge is -2.18. The smallest absolute Gasteiger partial charge is 0.283 e. The highest BCUT2D eigenvalue weighted by molar-refractivity contribution is 8.14. The summed E-state index contributed by atoms with van der Waals surface area (Å²) in [6, 6.07) is 26.8. The van der Waals surface area contributed by atoms with E-state index in [1.54, 1.807) is 12.0 Å². The number of aliphatic imine (C=N–C) groups is 1. The molecule has 5 nitrogen and oxygen atoms in total.